The van der Waals surface area contributed by atoms with Crippen molar-refractivity contribution < 1.29 is 9.47 Å². The van der Waals surface area contributed by atoms with Crippen LogP contribution in [0.1, 0.15) is 18.5 Å². The highest BCUT2D eigenvalue weighted by atomic mass is 16.7. The average molecular weight is 220 g/mol. The molecule has 2 heterocycles. The highest BCUT2D eigenvalue weighted by molar-refractivity contribution is 5.45. The summed E-state index contributed by atoms with van der Waals surface area (Å²) < 4.78 is 10.7. The monoisotopic (exact) mass is 220 g/mol. The van der Waals surface area contributed by atoms with Gasteiger partial charge >= 0.3 is 0 Å². The van der Waals surface area contributed by atoms with Crippen molar-refractivity contribution in [2.24, 2.45) is 0 Å². The van der Waals surface area contributed by atoms with Gasteiger partial charge in [0.05, 0.1) is 0 Å². The third-order valence-electron chi connectivity index (χ3n) is 3.16. The lowest BCUT2D eigenvalue weighted by Crippen LogP contribution is -2.55. The van der Waals surface area contributed by atoms with Crippen LogP contribution in [-0.2, 0) is 0 Å². The number of fused-ring (bicyclic) bond motifs is 1. The summed E-state index contributed by atoms with van der Waals surface area (Å²) in [6.07, 6.45) is 0. The van der Waals surface area contributed by atoms with Gasteiger partial charge in [0, 0.05) is 25.2 Å². The predicted octanol–water partition coefficient (Wildman–Crippen LogP) is 1.04. The van der Waals surface area contributed by atoms with Gasteiger partial charge in [-0.1, -0.05) is 6.07 Å². The van der Waals surface area contributed by atoms with E-state index in [0.29, 0.717) is 18.9 Å². The fourth-order valence-electron chi connectivity index (χ4n) is 2.04. The van der Waals surface area contributed by atoms with Crippen molar-refractivity contribution in [3.05, 3.63) is 23.8 Å². The molecule has 1 atom stereocenters. The molecule has 1 saturated heterocycles. The zero-order chi connectivity index (χ0) is 11.0. The maximum absolute atomic E-state index is 5.37. The Kier molecular flexibility index (Phi) is 2.46. The summed E-state index contributed by atoms with van der Waals surface area (Å²) in [6, 6.07) is 7.08. The van der Waals surface area contributed by atoms with E-state index in [2.05, 4.69) is 29.7 Å². The Labute approximate surface area is 94.9 Å². The molecule has 0 amide bonds. The van der Waals surface area contributed by atoms with Crippen LogP contribution in [0.4, 0.5) is 0 Å². The standard InChI is InChI=1S/C12H16N2O2/c1-8(14-10-5-13-6-10)9-2-3-11-12(4-9)16-7-15-11/h2-4,8,10,13-14H,5-7H2,1H3. The van der Waals surface area contributed by atoms with Crippen molar-refractivity contribution in [2.45, 2.75) is 19.0 Å². The smallest absolute Gasteiger partial charge is 0.231 e. The molecular weight excluding hydrogens is 204 g/mol. The van der Waals surface area contributed by atoms with Crippen molar-refractivity contribution in [3.63, 3.8) is 0 Å². The summed E-state index contributed by atoms with van der Waals surface area (Å²) in [6.45, 7) is 4.65. The molecule has 0 bridgehead atoms. The maximum Gasteiger partial charge on any atom is 0.231 e. The van der Waals surface area contributed by atoms with Crippen molar-refractivity contribution in [1.29, 1.82) is 0 Å². The van der Waals surface area contributed by atoms with Gasteiger partial charge in [0.25, 0.3) is 0 Å². The second kappa shape index (κ2) is 3.96. The third kappa shape index (κ3) is 1.74. The Hall–Kier alpha value is -1.26. The molecule has 4 nitrogen and oxygen atoms in total. The Morgan fingerprint density at radius 1 is 1.31 bits per heavy atom. The number of nitrogens with one attached hydrogen (secondary N) is 2. The lowest BCUT2D eigenvalue weighted by atomic mass is 10.1. The number of hydrogen-bond donors (Lipinski definition) is 2. The molecule has 4 heteroatoms. The van der Waals surface area contributed by atoms with E-state index in [-0.39, 0.29) is 0 Å². The van der Waals surface area contributed by atoms with Crippen LogP contribution in [0.25, 0.3) is 0 Å². The van der Waals surface area contributed by atoms with Gasteiger partial charge in [0.2, 0.25) is 6.79 Å². The lowest BCUT2D eigenvalue weighted by molar-refractivity contribution is 0.174. The number of benzene rings is 1. The molecule has 0 spiro atoms. The Morgan fingerprint density at radius 3 is 2.88 bits per heavy atom. The SMILES string of the molecule is CC(NC1CNC1)c1ccc2c(c1)OCO2. The van der Waals surface area contributed by atoms with Crippen LogP contribution in [0.5, 0.6) is 11.5 Å². The first-order valence-corrected chi connectivity index (χ1v) is 5.69. The highest BCUT2D eigenvalue weighted by Gasteiger charge is 2.20. The van der Waals surface area contributed by atoms with Gasteiger partial charge in [0.15, 0.2) is 11.5 Å². The number of hydrogen-bond acceptors (Lipinski definition) is 4. The normalized spacial score (nSPS) is 20.6. The first-order valence-electron chi connectivity index (χ1n) is 5.69. The fourth-order valence-corrected chi connectivity index (χ4v) is 2.04. The van der Waals surface area contributed by atoms with Crippen molar-refractivity contribution in [3.8, 4) is 11.5 Å². The maximum atomic E-state index is 5.37. The molecule has 2 N–H and O–H groups in total. The van der Waals surface area contributed by atoms with Gasteiger partial charge in [0.1, 0.15) is 0 Å². The predicted molar refractivity (Wildman–Crippen MR) is 60.8 cm³/mol. The van der Waals surface area contributed by atoms with Crippen molar-refractivity contribution in [1.82, 2.24) is 10.6 Å². The molecule has 2 aliphatic rings. The summed E-state index contributed by atoms with van der Waals surface area (Å²) >= 11 is 0. The summed E-state index contributed by atoms with van der Waals surface area (Å²) in [7, 11) is 0. The van der Waals surface area contributed by atoms with Gasteiger partial charge in [-0.25, -0.2) is 0 Å². The van der Waals surface area contributed by atoms with Crippen molar-refractivity contribution >= 4 is 0 Å². The topological polar surface area (TPSA) is 42.5 Å². The first-order chi connectivity index (χ1) is 7.83. The molecule has 2 aliphatic heterocycles. The van der Waals surface area contributed by atoms with E-state index in [1.807, 2.05) is 6.07 Å². The average Bonchev–Trinajstić information content (AvgIpc) is 2.69. The quantitative estimate of drug-likeness (QED) is 0.798. The van der Waals surface area contributed by atoms with Gasteiger partial charge in [-0.15, -0.1) is 0 Å². The number of rotatable bonds is 3. The molecule has 0 aliphatic carbocycles. The van der Waals surface area contributed by atoms with Crippen LogP contribution in [0, 0.1) is 0 Å². The van der Waals surface area contributed by atoms with Crippen LogP contribution >= 0.6 is 0 Å². The Balaban J connectivity index is 1.72. The second-order valence-electron chi connectivity index (χ2n) is 4.36. The van der Waals surface area contributed by atoms with E-state index in [1.165, 1.54) is 5.56 Å². The van der Waals surface area contributed by atoms with E-state index in [0.717, 1.165) is 24.6 Å². The van der Waals surface area contributed by atoms with Gasteiger partial charge in [-0.05, 0) is 24.6 Å². The third-order valence-corrected chi connectivity index (χ3v) is 3.16. The molecule has 1 aromatic rings. The molecule has 0 saturated carbocycles. The number of ether oxygens (including phenoxy) is 2. The van der Waals surface area contributed by atoms with Crippen LogP contribution < -0.4 is 20.1 Å². The van der Waals surface area contributed by atoms with Gasteiger partial charge in [-0.2, -0.15) is 0 Å². The molecule has 3 rings (SSSR count). The zero-order valence-electron chi connectivity index (χ0n) is 9.32. The van der Waals surface area contributed by atoms with E-state index in [4.69, 9.17) is 9.47 Å². The summed E-state index contributed by atoms with van der Waals surface area (Å²) in [5, 5.41) is 6.82. The molecule has 86 valence electrons. The summed E-state index contributed by atoms with van der Waals surface area (Å²) in [5.41, 5.74) is 1.25. The van der Waals surface area contributed by atoms with Crippen LogP contribution in [0.3, 0.4) is 0 Å². The van der Waals surface area contributed by atoms with E-state index >= 15 is 0 Å². The minimum Gasteiger partial charge on any atom is -0.454 e. The zero-order valence-corrected chi connectivity index (χ0v) is 9.32. The molecular formula is C12H16N2O2. The fraction of sp³-hybridized carbons (Fsp3) is 0.500. The van der Waals surface area contributed by atoms with Crippen molar-refractivity contribution in [2.75, 3.05) is 19.9 Å². The molecule has 1 aromatic carbocycles. The summed E-state index contributed by atoms with van der Waals surface area (Å²) in [4.78, 5) is 0. The minimum atomic E-state index is 0.340. The minimum absolute atomic E-state index is 0.340. The molecule has 1 fully saturated rings. The van der Waals surface area contributed by atoms with Crippen LogP contribution in [0.2, 0.25) is 0 Å². The molecule has 0 radical (unpaired) electrons. The second-order valence-corrected chi connectivity index (χ2v) is 4.36. The summed E-state index contributed by atoms with van der Waals surface area (Å²) in [5.74, 6) is 1.71. The van der Waals surface area contributed by atoms with Gasteiger partial charge < -0.3 is 20.1 Å². The Morgan fingerprint density at radius 2 is 2.12 bits per heavy atom. The lowest BCUT2D eigenvalue weighted by Gasteiger charge is -2.31. The Bertz CT molecular complexity index is 391. The van der Waals surface area contributed by atoms with Crippen LogP contribution in [0.15, 0.2) is 18.2 Å². The van der Waals surface area contributed by atoms with Crippen LogP contribution in [-0.4, -0.2) is 25.9 Å². The van der Waals surface area contributed by atoms with E-state index in [9.17, 15) is 0 Å². The molecule has 1 unspecified atom stereocenters. The molecule has 16 heavy (non-hydrogen) atoms. The van der Waals surface area contributed by atoms with Gasteiger partial charge in [-0.3, -0.25) is 0 Å². The highest BCUT2D eigenvalue weighted by Crippen LogP contribution is 2.34. The van der Waals surface area contributed by atoms with E-state index < -0.39 is 0 Å². The first kappa shape index (κ1) is 9.93. The molecule has 0 aromatic heterocycles. The van der Waals surface area contributed by atoms with E-state index in [1.54, 1.807) is 0 Å². The largest absolute Gasteiger partial charge is 0.454 e.